The Morgan fingerprint density at radius 2 is 2.03 bits per heavy atom. The van der Waals surface area contributed by atoms with Crippen LogP contribution < -0.4 is 9.47 Å². The van der Waals surface area contributed by atoms with Gasteiger partial charge in [0.1, 0.15) is 11.1 Å². The van der Waals surface area contributed by atoms with Crippen LogP contribution in [-0.4, -0.2) is 43.3 Å². The third kappa shape index (κ3) is 5.87. The molecule has 0 radical (unpaired) electrons. The van der Waals surface area contributed by atoms with E-state index < -0.39 is 0 Å². The van der Waals surface area contributed by atoms with Crippen molar-refractivity contribution in [2.45, 2.75) is 59.8 Å². The van der Waals surface area contributed by atoms with Crippen molar-refractivity contribution in [1.82, 2.24) is 4.90 Å². The van der Waals surface area contributed by atoms with Crippen LogP contribution in [0.15, 0.2) is 23.2 Å². The first-order valence-corrected chi connectivity index (χ1v) is 13.4. The molecule has 0 saturated carbocycles. The normalized spacial score (nSPS) is 17.9. The van der Waals surface area contributed by atoms with Crippen molar-refractivity contribution >= 4 is 28.5 Å². The molecule has 1 atom stereocenters. The molecule has 2 aromatic rings. The number of nitrogens with zero attached hydrogens (tertiary/aromatic N) is 3. The molecule has 1 amide bonds. The van der Waals surface area contributed by atoms with Crippen LogP contribution in [0.25, 0.3) is 0 Å². The number of hydrogen-bond acceptors (Lipinski definition) is 6. The summed E-state index contributed by atoms with van der Waals surface area (Å²) >= 11 is 1.65. The number of amides is 1. The van der Waals surface area contributed by atoms with Gasteiger partial charge in [-0.25, -0.2) is 4.99 Å². The van der Waals surface area contributed by atoms with Crippen molar-refractivity contribution in [2.75, 3.05) is 26.3 Å². The number of carbonyl (C=O) groups is 1. The number of aliphatic imine (C=N–C) groups is 1. The average molecular weight is 494 g/mol. The molecule has 2 heterocycles. The summed E-state index contributed by atoms with van der Waals surface area (Å²) in [6, 6.07) is 7.99. The smallest absolute Gasteiger partial charge is 0.260 e. The molecule has 1 aromatic carbocycles. The molecular weight excluding hydrogens is 458 g/mol. The molecule has 1 saturated heterocycles. The van der Waals surface area contributed by atoms with E-state index in [4.69, 9.17) is 14.5 Å². The molecule has 7 heteroatoms. The Morgan fingerprint density at radius 3 is 2.71 bits per heavy atom. The summed E-state index contributed by atoms with van der Waals surface area (Å²) < 4.78 is 11.6. The molecule has 0 bridgehead atoms. The lowest BCUT2D eigenvalue weighted by Gasteiger charge is -2.33. The lowest BCUT2D eigenvalue weighted by atomic mass is 9.72. The lowest BCUT2D eigenvalue weighted by Crippen LogP contribution is -2.32. The number of rotatable bonds is 7. The zero-order chi connectivity index (χ0) is 25.0. The number of thiophene rings is 1. The standard InChI is InChI=1S/C28H35N3O3S/c1-5-33-24-14-19(8-11-23(24)34-18-26(32)31-12-6-7-13-31)17-30-27-22(16-29)21-10-9-20(28(2,3)4)15-25(21)35-27/h8,11,14,17,20H,5-7,9-10,12-13,15,18H2,1-4H3/t20-/m1/s1. The number of carbonyl (C=O) groups excluding carboxylic acids is 1. The largest absolute Gasteiger partial charge is 0.490 e. The van der Waals surface area contributed by atoms with Crippen molar-refractivity contribution in [3.05, 3.63) is 39.8 Å². The quantitative estimate of drug-likeness (QED) is 0.449. The van der Waals surface area contributed by atoms with Gasteiger partial charge in [0.25, 0.3) is 5.91 Å². The van der Waals surface area contributed by atoms with E-state index in [1.165, 1.54) is 10.4 Å². The third-order valence-corrected chi connectivity index (χ3v) is 8.15. The Labute approximate surface area is 212 Å². The Hall–Kier alpha value is -2.85. The maximum atomic E-state index is 12.3. The van der Waals surface area contributed by atoms with E-state index in [0.717, 1.165) is 61.3 Å². The molecule has 1 aliphatic heterocycles. The second-order valence-electron chi connectivity index (χ2n) is 10.4. The van der Waals surface area contributed by atoms with Gasteiger partial charge in [0, 0.05) is 24.2 Å². The van der Waals surface area contributed by atoms with Gasteiger partial charge >= 0.3 is 0 Å². The molecule has 2 aliphatic rings. The van der Waals surface area contributed by atoms with Gasteiger partial charge in [-0.15, -0.1) is 11.3 Å². The van der Waals surface area contributed by atoms with Gasteiger partial charge in [-0.3, -0.25) is 4.79 Å². The van der Waals surface area contributed by atoms with Crippen LogP contribution in [0.5, 0.6) is 11.5 Å². The SMILES string of the molecule is CCOc1cc(C=Nc2sc3c(c2C#N)CC[C@@H](C(C)(C)C)C3)ccc1OCC(=O)N1CCCC1. The summed E-state index contributed by atoms with van der Waals surface area (Å²) in [5.74, 6) is 1.77. The van der Waals surface area contributed by atoms with Crippen LogP contribution in [0.4, 0.5) is 5.00 Å². The predicted molar refractivity (Wildman–Crippen MR) is 140 cm³/mol. The van der Waals surface area contributed by atoms with E-state index in [2.05, 4.69) is 26.8 Å². The summed E-state index contributed by atoms with van der Waals surface area (Å²) in [7, 11) is 0. The number of likely N-dealkylation sites (tertiary alicyclic amines) is 1. The highest BCUT2D eigenvalue weighted by atomic mass is 32.1. The van der Waals surface area contributed by atoms with E-state index in [1.807, 2.05) is 30.0 Å². The summed E-state index contributed by atoms with van der Waals surface area (Å²) in [5.41, 5.74) is 3.02. The summed E-state index contributed by atoms with van der Waals surface area (Å²) in [6.45, 7) is 10.9. The molecule has 1 fully saturated rings. The van der Waals surface area contributed by atoms with Crippen LogP contribution in [0.2, 0.25) is 0 Å². The number of nitriles is 1. The Bertz CT molecular complexity index is 1130. The molecule has 1 aromatic heterocycles. The van der Waals surface area contributed by atoms with Gasteiger partial charge in [0.05, 0.1) is 12.2 Å². The Morgan fingerprint density at radius 1 is 1.26 bits per heavy atom. The highest BCUT2D eigenvalue weighted by molar-refractivity contribution is 7.16. The number of benzene rings is 1. The molecule has 0 N–H and O–H groups in total. The van der Waals surface area contributed by atoms with E-state index in [9.17, 15) is 10.1 Å². The summed E-state index contributed by atoms with van der Waals surface area (Å²) in [4.78, 5) is 20.2. The molecular formula is C28H35N3O3S. The third-order valence-electron chi connectivity index (χ3n) is 6.99. The van der Waals surface area contributed by atoms with E-state index in [0.29, 0.717) is 24.0 Å². The lowest BCUT2D eigenvalue weighted by molar-refractivity contribution is -0.132. The van der Waals surface area contributed by atoms with E-state index in [1.54, 1.807) is 17.6 Å². The van der Waals surface area contributed by atoms with Gasteiger partial charge in [-0.1, -0.05) is 20.8 Å². The fraction of sp³-hybridized carbons (Fsp3) is 0.536. The van der Waals surface area contributed by atoms with Crippen molar-refractivity contribution in [2.24, 2.45) is 16.3 Å². The van der Waals surface area contributed by atoms with Crippen molar-refractivity contribution < 1.29 is 14.3 Å². The molecule has 1 aliphatic carbocycles. The molecule has 186 valence electrons. The van der Waals surface area contributed by atoms with Crippen molar-refractivity contribution in [3.63, 3.8) is 0 Å². The Balaban J connectivity index is 1.50. The van der Waals surface area contributed by atoms with Crippen molar-refractivity contribution in [3.8, 4) is 17.6 Å². The van der Waals surface area contributed by atoms with Crippen LogP contribution >= 0.6 is 11.3 Å². The predicted octanol–water partition coefficient (Wildman–Crippen LogP) is 5.92. The van der Waals surface area contributed by atoms with Crippen LogP contribution in [0.3, 0.4) is 0 Å². The summed E-state index contributed by atoms with van der Waals surface area (Å²) in [6.07, 6.45) is 6.97. The van der Waals surface area contributed by atoms with Gasteiger partial charge in [-0.2, -0.15) is 5.26 Å². The minimum absolute atomic E-state index is 0.00924. The van der Waals surface area contributed by atoms with Crippen LogP contribution in [0.1, 0.15) is 68.5 Å². The van der Waals surface area contributed by atoms with Gasteiger partial charge in [0.2, 0.25) is 0 Å². The number of fused-ring (bicyclic) bond motifs is 1. The first kappa shape index (κ1) is 25.2. The molecule has 0 spiro atoms. The maximum Gasteiger partial charge on any atom is 0.260 e. The van der Waals surface area contributed by atoms with Crippen molar-refractivity contribution in [1.29, 1.82) is 5.26 Å². The van der Waals surface area contributed by atoms with Gasteiger partial charge in [-0.05, 0) is 79.7 Å². The monoisotopic (exact) mass is 493 g/mol. The summed E-state index contributed by atoms with van der Waals surface area (Å²) in [5, 5.41) is 10.6. The zero-order valence-corrected chi connectivity index (χ0v) is 22.0. The number of hydrogen-bond donors (Lipinski definition) is 0. The van der Waals surface area contributed by atoms with E-state index >= 15 is 0 Å². The zero-order valence-electron chi connectivity index (χ0n) is 21.2. The average Bonchev–Trinajstić information content (AvgIpc) is 3.49. The van der Waals surface area contributed by atoms with Gasteiger partial charge < -0.3 is 14.4 Å². The van der Waals surface area contributed by atoms with Crippen LogP contribution in [0, 0.1) is 22.7 Å². The highest BCUT2D eigenvalue weighted by Crippen LogP contribution is 2.45. The highest BCUT2D eigenvalue weighted by Gasteiger charge is 2.32. The molecule has 4 rings (SSSR count). The van der Waals surface area contributed by atoms with E-state index in [-0.39, 0.29) is 17.9 Å². The maximum absolute atomic E-state index is 12.3. The molecule has 6 nitrogen and oxygen atoms in total. The minimum Gasteiger partial charge on any atom is -0.490 e. The fourth-order valence-electron chi connectivity index (χ4n) is 4.84. The molecule has 0 unspecified atom stereocenters. The topological polar surface area (TPSA) is 74.9 Å². The first-order valence-electron chi connectivity index (χ1n) is 12.6. The van der Waals surface area contributed by atoms with Crippen LogP contribution in [-0.2, 0) is 17.6 Å². The second kappa shape index (κ2) is 10.8. The minimum atomic E-state index is 0.00924. The number of ether oxygens (including phenoxy) is 2. The molecule has 35 heavy (non-hydrogen) atoms. The first-order chi connectivity index (χ1) is 16.8. The Kier molecular flexibility index (Phi) is 7.81. The second-order valence-corrected chi connectivity index (χ2v) is 11.5. The van der Waals surface area contributed by atoms with Gasteiger partial charge in [0.15, 0.2) is 18.1 Å². The fourth-order valence-corrected chi connectivity index (χ4v) is 6.06.